The van der Waals surface area contributed by atoms with Gasteiger partial charge < -0.3 is 9.47 Å². The zero-order valence-corrected chi connectivity index (χ0v) is 14.1. The summed E-state index contributed by atoms with van der Waals surface area (Å²) in [5.41, 5.74) is 1.47. The number of nitrogens with zero attached hydrogens (tertiary/aromatic N) is 1. The minimum atomic E-state index is -0.707. The molecular weight excluding hydrogens is 366 g/mol. The van der Waals surface area contributed by atoms with Gasteiger partial charge in [-0.3, -0.25) is 10.1 Å². The van der Waals surface area contributed by atoms with Crippen molar-refractivity contribution in [1.29, 1.82) is 0 Å². The lowest BCUT2D eigenvalue weighted by Gasteiger charge is -2.12. The average Bonchev–Trinajstić information content (AvgIpc) is 2.46. The van der Waals surface area contributed by atoms with Crippen molar-refractivity contribution in [3.8, 4) is 11.5 Å². The Bertz CT molecular complexity index is 737. The number of esters is 1. The molecule has 0 aliphatic rings. The van der Waals surface area contributed by atoms with Crippen molar-refractivity contribution in [3.63, 3.8) is 0 Å². The van der Waals surface area contributed by atoms with Gasteiger partial charge in [-0.2, -0.15) is 0 Å². The van der Waals surface area contributed by atoms with Crippen molar-refractivity contribution in [1.82, 2.24) is 0 Å². The van der Waals surface area contributed by atoms with E-state index >= 15 is 0 Å². The number of para-hydroxylation sites is 2. The Morgan fingerprint density at radius 2 is 1.83 bits per heavy atom. The lowest BCUT2D eigenvalue weighted by Crippen LogP contribution is -2.18. The van der Waals surface area contributed by atoms with Gasteiger partial charge in [-0.15, -0.1) is 0 Å². The van der Waals surface area contributed by atoms with Crippen LogP contribution in [0.2, 0.25) is 0 Å². The van der Waals surface area contributed by atoms with E-state index in [1.54, 1.807) is 6.07 Å². The monoisotopic (exact) mass is 379 g/mol. The van der Waals surface area contributed by atoms with Gasteiger partial charge in [0.15, 0.2) is 6.61 Å². The first-order valence-electron chi connectivity index (χ1n) is 6.72. The minimum Gasteiger partial charge on any atom is -0.481 e. The zero-order valence-electron chi connectivity index (χ0n) is 12.5. The Hall–Kier alpha value is -2.41. The van der Waals surface area contributed by atoms with Gasteiger partial charge in [-0.05, 0) is 43.2 Å². The normalized spacial score (nSPS) is 10.2. The number of benzene rings is 2. The highest BCUT2D eigenvalue weighted by atomic mass is 79.9. The Morgan fingerprint density at radius 3 is 2.43 bits per heavy atom. The number of nitro benzene ring substituents is 1. The van der Waals surface area contributed by atoms with Crippen molar-refractivity contribution in [2.75, 3.05) is 6.61 Å². The van der Waals surface area contributed by atoms with Gasteiger partial charge in [0.25, 0.3) is 0 Å². The minimum absolute atomic E-state index is 0.102. The maximum absolute atomic E-state index is 11.9. The number of rotatable bonds is 5. The third-order valence-corrected chi connectivity index (χ3v) is 3.50. The molecule has 0 spiro atoms. The highest BCUT2D eigenvalue weighted by Gasteiger charge is 2.17. The predicted molar refractivity (Wildman–Crippen MR) is 87.8 cm³/mol. The van der Waals surface area contributed by atoms with Crippen LogP contribution in [0.15, 0.2) is 40.9 Å². The summed E-state index contributed by atoms with van der Waals surface area (Å²) >= 11 is 3.38. The maximum atomic E-state index is 11.9. The quantitative estimate of drug-likeness (QED) is 0.340. The Labute approximate surface area is 141 Å². The molecule has 0 unspecified atom stereocenters. The summed E-state index contributed by atoms with van der Waals surface area (Å²) < 4.78 is 11.4. The van der Waals surface area contributed by atoms with Crippen LogP contribution >= 0.6 is 15.9 Å². The first-order chi connectivity index (χ1) is 10.9. The standard InChI is InChI=1S/C16H14BrNO5/c1-10-7-12(17)8-11(2)16(10)22-9-15(19)23-14-6-4-3-5-13(14)18(20)21/h3-8H,9H2,1-2H3. The van der Waals surface area contributed by atoms with Gasteiger partial charge in [-0.1, -0.05) is 28.1 Å². The third-order valence-electron chi connectivity index (χ3n) is 3.05. The van der Waals surface area contributed by atoms with E-state index in [1.165, 1.54) is 18.2 Å². The molecule has 0 amide bonds. The van der Waals surface area contributed by atoms with Gasteiger partial charge in [0.2, 0.25) is 5.75 Å². The summed E-state index contributed by atoms with van der Waals surface area (Å²) in [6.07, 6.45) is 0. The number of hydrogen-bond donors (Lipinski definition) is 0. The fourth-order valence-electron chi connectivity index (χ4n) is 2.10. The molecule has 120 valence electrons. The molecule has 23 heavy (non-hydrogen) atoms. The van der Waals surface area contributed by atoms with Gasteiger partial charge in [0, 0.05) is 10.5 Å². The summed E-state index contributed by atoms with van der Waals surface area (Å²) in [4.78, 5) is 22.1. The van der Waals surface area contributed by atoms with Crippen LogP contribution in [-0.2, 0) is 4.79 Å². The molecule has 0 saturated carbocycles. The number of carbonyl (C=O) groups is 1. The van der Waals surface area contributed by atoms with E-state index in [2.05, 4.69) is 15.9 Å². The SMILES string of the molecule is Cc1cc(Br)cc(C)c1OCC(=O)Oc1ccccc1[N+](=O)[O-]. The second kappa shape index (κ2) is 7.23. The van der Waals surface area contributed by atoms with Crippen LogP contribution in [0.5, 0.6) is 11.5 Å². The van der Waals surface area contributed by atoms with E-state index in [4.69, 9.17) is 9.47 Å². The number of hydrogen-bond acceptors (Lipinski definition) is 5. The molecular formula is C16H14BrNO5. The van der Waals surface area contributed by atoms with E-state index in [0.29, 0.717) is 5.75 Å². The molecule has 0 heterocycles. The highest BCUT2D eigenvalue weighted by molar-refractivity contribution is 9.10. The van der Waals surface area contributed by atoms with Crippen molar-refractivity contribution in [2.24, 2.45) is 0 Å². The number of nitro groups is 1. The lowest BCUT2D eigenvalue weighted by molar-refractivity contribution is -0.385. The van der Waals surface area contributed by atoms with Crippen LogP contribution < -0.4 is 9.47 Å². The largest absolute Gasteiger partial charge is 0.481 e. The molecule has 2 rings (SSSR count). The summed E-state index contributed by atoms with van der Waals surface area (Å²) in [7, 11) is 0. The average molecular weight is 380 g/mol. The first kappa shape index (κ1) is 17.0. The lowest BCUT2D eigenvalue weighted by atomic mass is 10.1. The van der Waals surface area contributed by atoms with E-state index in [-0.39, 0.29) is 18.0 Å². The Morgan fingerprint density at radius 1 is 1.22 bits per heavy atom. The van der Waals surface area contributed by atoms with Gasteiger partial charge in [0.1, 0.15) is 5.75 Å². The highest BCUT2D eigenvalue weighted by Crippen LogP contribution is 2.28. The molecule has 0 aliphatic carbocycles. The molecule has 0 atom stereocenters. The van der Waals surface area contributed by atoms with Crippen molar-refractivity contribution >= 4 is 27.6 Å². The number of halogens is 1. The van der Waals surface area contributed by atoms with Crippen LogP contribution in [0.3, 0.4) is 0 Å². The molecule has 0 radical (unpaired) electrons. The fraction of sp³-hybridized carbons (Fsp3) is 0.188. The molecule has 0 aromatic heterocycles. The molecule has 0 fully saturated rings. The Balaban J connectivity index is 2.06. The van der Waals surface area contributed by atoms with Crippen LogP contribution in [0.1, 0.15) is 11.1 Å². The van der Waals surface area contributed by atoms with Gasteiger partial charge >= 0.3 is 11.7 Å². The van der Waals surface area contributed by atoms with Crippen molar-refractivity contribution < 1.29 is 19.2 Å². The number of ether oxygens (including phenoxy) is 2. The molecule has 7 heteroatoms. The second-order valence-corrected chi connectivity index (χ2v) is 5.77. The summed E-state index contributed by atoms with van der Waals surface area (Å²) in [6, 6.07) is 9.43. The van der Waals surface area contributed by atoms with Gasteiger partial charge in [0.05, 0.1) is 4.92 Å². The fourth-order valence-corrected chi connectivity index (χ4v) is 2.79. The Kier molecular flexibility index (Phi) is 5.33. The van der Waals surface area contributed by atoms with Crippen molar-refractivity contribution in [2.45, 2.75) is 13.8 Å². The van der Waals surface area contributed by atoms with Crippen LogP contribution in [0.25, 0.3) is 0 Å². The maximum Gasteiger partial charge on any atom is 0.349 e. The summed E-state index contributed by atoms with van der Waals surface area (Å²) in [6.45, 7) is 3.39. The molecule has 2 aromatic carbocycles. The molecule has 0 aliphatic heterocycles. The van der Waals surface area contributed by atoms with E-state index in [9.17, 15) is 14.9 Å². The molecule has 0 saturated heterocycles. The number of aryl methyl sites for hydroxylation is 2. The van der Waals surface area contributed by atoms with Gasteiger partial charge in [-0.25, -0.2) is 4.79 Å². The van der Waals surface area contributed by atoms with Crippen LogP contribution in [0.4, 0.5) is 5.69 Å². The predicted octanol–water partition coefficient (Wildman–Crippen LogP) is 3.96. The first-order valence-corrected chi connectivity index (χ1v) is 7.51. The summed E-state index contributed by atoms with van der Waals surface area (Å²) in [5.74, 6) is -0.218. The summed E-state index contributed by atoms with van der Waals surface area (Å²) in [5, 5.41) is 10.9. The topological polar surface area (TPSA) is 78.7 Å². The van der Waals surface area contributed by atoms with Crippen LogP contribution in [0, 0.1) is 24.0 Å². The second-order valence-electron chi connectivity index (χ2n) is 4.86. The number of carbonyl (C=O) groups excluding carboxylic acids is 1. The zero-order chi connectivity index (χ0) is 17.0. The van der Waals surface area contributed by atoms with E-state index in [0.717, 1.165) is 15.6 Å². The van der Waals surface area contributed by atoms with E-state index < -0.39 is 10.9 Å². The van der Waals surface area contributed by atoms with Crippen molar-refractivity contribution in [3.05, 3.63) is 62.1 Å². The molecule has 6 nitrogen and oxygen atoms in total. The van der Waals surface area contributed by atoms with E-state index in [1.807, 2.05) is 26.0 Å². The molecule has 0 N–H and O–H groups in total. The third kappa shape index (κ3) is 4.29. The molecule has 2 aromatic rings. The van der Waals surface area contributed by atoms with Crippen LogP contribution in [-0.4, -0.2) is 17.5 Å². The molecule has 0 bridgehead atoms. The smallest absolute Gasteiger partial charge is 0.349 e.